The van der Waals surface area contributed by atoms with Gasteiger partial charge in [-0.25, -0.2) is 0 Å². The van der Waals surface area contributed by atoms with Crippen LogP contribution in [0.25, 0.3) is 0 Å². The molecule has 0 amide bonds. The monoisotopic (exact) mass is 452 g/mol. The van der Waals surface area contributed by atoms with E-state index in [9.17, 15) is 23.1 Å². The molecule has 158 valence electrons. The van der Waals surface area contributed by atoms with E-state index in [-0.39, 0.29) is 57.1 Å². The molecule has 0 aliphatic heterocycles. The molecule has 9 heteroatoms. The quantitative estimate of drug-likeness (QED) is 0.135. The average molecular weight is 453 g/mol. The molecule has 1 aromatic rings. The Labute approximate surface area is 215 Å². The smallest absolute Gasteiger partial charge is 0.550 e. The van der Waals surface area contributed by atoms with Crippen LogP contribution in [-0.2, 0) is 26.1 Å². The third kappa shape index (κ3) is 12.2. The largest absolute Gasteiger partial charge is 1.00 e. The molecule has 1 aromatic carbocycles. The van der Waals surface area contributed by atoms with E-state index in [2.05, 4.69) is 6.92 Å². The molecule has 0 fully saturated rings. The van der Waals surface area contributed by atoms with E-state index >= 15 is 0 Å². The number of carbonyl (C=O) groups is 2. The van der Waals surface area contributed by atoms with Gasteiger partial charge in [0.25, 0.3) is 10.1 Å². The van der Waals surface area contributed by atoms with Gasteiger partial charge in [0.15, 0.2) is 5.25 Å². The van der Waals surface area contributed by atoms with Gasteiger partial charge in [0, 0.05) is 12.4 Å². The molecule has 1 N–H and O–H groups in total. The fraction of sp³-hybridized carbons (Fsp3) is 0.600. The number of carboxylic acid groups (broad SMARTS) is 1. The second-order valence-corrected chi connectivity index (χ2v) is 8.43. The second kappa shape index (κ2) is 15.5. The van der Waals surface area contributed by atoms with Crippen LogP contribution < -0.4 is 61.2 Å². The van der Waals surface area contributed by atoms with E-state index in [1.807, 2.05) is 0 Å². The van der Waals surface area contributed by atoms with Gasteiger partial charge < -0.3 is 14.6 Å². The Hall–Kier alpha value is -0.294. The van der Waals surface area contributed by atoms with Crippen molar-refractivity contribution in [2.75, 3.05) is 0 Å². The van der Waals surface area contributed by atoms with E-state index in [0.717, 1.165) is 24.8 Å². The van der Waals surface area contributed by atoms with Crippen molar-refractivity contribution in [1.29, 1.82) is 0 Å². The molecular formula is C20H29KO7S. The average Bonchev–Trinajstić information content (AvgIpc) is 2.62. The number of ether oxygens (including phenoxy) is 1. The number of hydrogen-bond acceptors (Lipinski definition) is 6. The fourth-order valence-corrected chi connectivity index (χ4v) is 3.53. The number of hydrogen-bond donors (Lipinski definition) is 1. The molecule has 0 heterocycles. The first-order valence-corrected chi connectivity index (χ1v) is 11.2. The van der Waals surface area contributed by atoms with Crippen LogP contribution in [0.5, 0.6) is 5.75 Å². The molecule has 0 bridgehead atoms. The minimum atomic E-state index is -4.92. The number of carboxylic acids is 1. The Morgan fingerprint density at radius 1 is 1.03 bits per heavy atom. The summed E-state index contributed by atoms with van der Waals surface area (Å²) < 4.78 is 36.8. The summed E-state index contributed by atoms with van der Waals surface area (Å²) in [6, 6.07) is 6.68. The standard InChI is InChI=1S/C20H30O7S.K/c1-2-3-4-5-6-7-8-9-12-16-13-10-11-14-17(16)27-20(23)18(15-19(21)22)28(24,25)26;/h10-11,13-14,18H,2-9,12,15H2,1H3,(H,21,22)(H,24,25,26);/q;+1/p-1. The zero-order valence-electron chi connectivity index (χ0n) is 17.3. The van der Waals surface area contributed by atoms with Gasteiger partial charge in [0.1, 0.15) is 5.75 Å². The van der Waals surface area contributed by atoms with Crippen molar-refractivity contribution < 1.29 is 83.8 Å². The number of para-hydroxylation sites is 1. The van der Waals surface area contributed by atoms with Crippen molar-refractivity contribution in [2.24, 2.45) is 0 Å². The second-order valence-electron chi connectivity index (χ2n) is 6.83. The van der Waals surface area contributed by atoms with Gasteiger partial charge in [-0.2, -0.15) is 8.42 Å². The molecule has 0 saturated carbocycles. The van der Waals surface area contributed by atoms with Crippen molar-refractivity contribution in [1.82, 2.24) is 0 Å². The molecule has 0 saturated heterocycles. The predicted molar refractivity (Wildman–Crippen MR) is 103 cm³/mol. The van der Waals surface area contributed by atoms with Gasteiger partial charge in [-0.05, 0) is 24.5 Å². The number of esters is 1. The van der Waals surface area contributed by atoms with Crippen molar-refractivity contribution in [3.8, 4) is 5.75 Å². The molecular weight excluding hydrogens is 423 g/mol. The van der Waals surface area contributed by atoms with Crippen molar-refractivity contribution in [3.63, 3.8) is 0 Å². The molecule has 0 radical (unpaired) electrons. The van der Waals surface area contributed by atoms with E-state index in [0.29, 0.717) is 6.42 Å². The molecule has 0 aliphatic rings. The van der Waals surface area contributed by atoms with Gasteiger partial charge in [-0.15, -0.1) is 0 Å². The number of aryl methyl sites for hydroxylation is 1. The maximum atomic E-state index is 12.1. The van der Waals surface area contributed by atoms with Gasteiger partial charge in [-0.1, -0.05) is 70.1 Å². The van der Waals surface area contributed by atoms with Gasteiger partial charge in [0.2, 0.25) is 0 Å². The van der Waals surface area contributed by atoms with E-state index < -0.39 is 33.7 Å². The van der Waals surface area contributed by atoms with Crippen LogP contribution in [0.3, 0.4) is 0 Å². The van der Waals surface area contributed by atoms with Crippen LogP contribution in [0, 0.1) is 0 Å². The Bertz CT molecular complexity index is 734. The summed E-state index contributed by atoms with van der Waals surface area (Å²) >= 11 is 0. The van der Waals surface area contributed by atoms with E-state index in [1.165, 1.54) is 38.2 Å². The molecule has 1 rings (SSSR count). The number of aliphatic carboxylic acids is 1. The fourth-order valence-electron chi connectivity index (χ4n) is 2.89. The Kier molecular flexibility index (Phi) is 15.3. The summed E-state index contributed by atoms with van der Waals surface area (Å²) in [5, 5.41) is 8.46. The van der Waals surface area contributed by atoms with E-state index in [1.54, 1.807) is 18.2 Å². The third-order valence-corrected chi connectivity index (χ3v) is 5.54. The maximum absolute atomic E-state index is 12.1. The topological polar surface area (TPSA) is 121 Å². The first-order chi connectivity index (χ1) is 13.3. The summed E-state index contributed by atoms with van der Waals surface area (Å²) in [6.07, 6.45) is 8.70. The first kappa shape index (κ1) is 28.7. The number of rotatable bonds is 14. The summed E-state index contributed by atoms with van der Waals surface area (Å²) in [6.45, 7) is 2.18. The summed E-state index contributed by atoms with van der Waals surface area (Å²) in [5.41, 5.74) is 0.726. The maximum Gasteiger partial charge on any atom is 1.00 e. The van der Waals surface area contributed by atoms with Crippen LogP contribution >= 0.6 is 0 Å². The molecule has 0 aromatic heterocycles. The minimum Gasteiger partial charge on any atom is -0.550 e. The summed E-state index contributed by atoms with van der Waals surface area (Å²) in [5.74, 6) is -2.94. The normalized spacial score (nSPS) is 12.1. The molecule has 1 atom stereocenters. The van der Waals surface area contributed by atoms with Crippen molar-refractivity contribution in [3.05, 3.63) is 29.8 Å². The van der Waals surface area contributed by atoms with Crippen LogP contribution in [-0.4, -0.2) is 30.2 Å². The molecule has 29 heavy (non-hydrogen) atoms. The summed E-state index contributed by atoms with van der Waals surface area (Å²) in [4.78, 5) is 22.8. The molecule has 0 aliphatic carbocycles. The van der Waals surface area contributed by atoms with Crippen LogP contribution in [0.15, 0.2) is 24.3 Å². The summed E-state index contributed by atoms with van der Waals surface area (Å²) in [7, 11) is -4.92. The van der Waals surface area contributed by atoms with Gasteiger partial charge >= 0.3 is 57.4 Å². The Balaban J connectivity index is 0.00000784. The van der Waals surface area contributed by atoms with E-state index in [4.69, 9.17) is 9.29 Å². The number of benzene rings is 1. The number of carbonyl (C=O) groups excluding carboxylic acids is 2. The van der Waals surface area contributed by atoms with Crippen LogP contribution in [0.1, 0.15) is 70.3 Å². The molecule has 7 nitrogen and oxygen atoms in total. The van der Waals surface area contributed by atoms with Crippen LogP contribution in [0.2, 0.25) is 0 Å². The number of unbranched alkanes of at least 4 members (excludes halogenated alkanes) is 7. The molecule has 1 unspecified atom stereocenters. The SMILES string of the molecule is CCCCCCCCCCc1ccccc1OC(=O)C(CC(=O)[O-])S(=O)(=O)O.[K+]. The Morgan fingerprint density at radius 3 is 2.14 bits per heavy atom. The molecule has 0 spiro atoms. The zero-order chi connectivity index (χ0) is 21.0. The predicted octanol–water partition coefficient (Wildman–Crippen LogP) is -0.324. The zero-order valence-corrected chi connectivity index (χ0v) is 21.2. The van der Waals surface area contributed by atoms with Crippen molar-refractivity contribution in [2.45, 2.75) is 76.4 Å². The Morgan fingerprint density at radius 2 is 1.59 bits per heavy atom. The van der Waals surface area contributed by atoms with Crippen molar-refractivity contribution >= 4 is 22.1 Å². The van der Waals surface area contributed by atoms with Gasteiger partial charge in [-0.3, -0.25) is 9.35 Å². The first-order valence-electron chi connectivity index (χ1n) is 9.71. The minimum absolute atomic E-state index is 0. The third-order valence-electron chi connectivity index (χ3n) is 4.46. The van der Waals surface area contributed by atoms with Gasteiger partial charge in [0.05, 0.1) is 0 Å². The van der Waals surface area contributed by atoms with Crippen LogP contribution in [0.4, 0.5) is 0 Å².